The molecule has 0 radical (unpaired) electrons. The molecule has 1 atom stereocenters. The van der Waals surface area contributed by atoms with E-state index >= 15 is 0 Å². The number of rotatable bonds is 5. The number of aliphatic hydroxyl groups is 1. The molecule has 138 valence electrons. The Balaban J connectivity index is 1.81. The van der Waals surface area contributed by atoms with Crippen LogP contribution in [0.4, 0.5) is 4.39 Å². The Hall–Kier alpha value is -2.44. The molecule has 6 heteroatoms. The maximum absolute atomic E-state index is 13.5. The van der Waals surface area contributed by atoms with E-state index in [1.54, 1.807) is 41.3 Å². The van der Waals surface area contributed by atoms with Crippen LogP contribution >= 0.6 is 0 Å². The zero-order chi connectivity index (χ0) is 18.6. The number of ether oxygens (including phenoxy) is 2. The number of hydrogen-bond acceptors (Lipinski definition) is 4. The van der Waals surface area contributed by atoms with Crippen LogP contribution in [0.5, 0.6) is 5.75 Å². The van der Waals surface area contributed by atoms with Gasteiger partial charge in [0, 0.05) is 13.0 Å². The minimum Gasteiger partial charge on any atom is -0.496 e. The molecule has 26 heavy (non-hydrogen) atoms. The van der Waals surface area contributed by atoms with Crippen molar-refractivity contribution in [1.82, 2.24) is 4.90 Å². The third-order valence-corrected chi connectivity index (χ3v) is 4.58. The van der Waals surface area contributed by atoms with Crippen molar-refractivity contribution in [2.75, 3.05) is 33.4 Å². The van der Waals surface area contributed by atoms with Gasteiger partial charge in [-0.1, -0.05) is 24.3 Å². The van der Waals surface area contributed by atoms with E-state index in [2.05, 4.69) is 0 Å². The Labute approximate surface area is 152 Å². The SMILES string of the molecule is COc1ccccc1C(=O)N1CCO[C@](CO)(Cc2cccc(F)c2)C1. The summed E-state index contributed by atoms with van der Waals surface area (Å²) in [6.07, 6.45) is 0.316. The second-order valence-corrected chi connectivity index (χ2v) is 6.42. The van der Waals surface area contributed by atoms with Crippen LogP contribution in [0.1, 0.15) is 15.9 Å². The molecule has 5 nitrogen and oxygen atoms in total. The summed E-state index contributed by atoms with van der Waals surface area (Å²) in [7, 11) is 1.52. The van der Waals surface area contributed by atoms with Crippen molar-refractivity contribution in [2.24, 2.45) is 0 Å². The lowest BCUT2D eigenvalue weighted by atomic mass is 9.92. The zero-order valence-corrected chi connectivity index (χ0v) is 14.7. The zero-order valence-electron chi connectivity index (χ0n) is 14.7. The Kier molecular flexibility index (Phi) is 5.54. The van der Waals surface area contributed by atoms with Crippen molar-refractivity contribution in [1.29, 1.82) is 0 Å². The number of aliphatic hydroxyl groups excluding tert-OH is 1. The maximum atomic E-state index is 13.5. The van der Waals surface area contributed by atoms with Gasteiger partial charge in [-0.05, 0) is 29.8 Å². The molecular weight excluding hydrogens is 337 g/mol. The first-order valence-corrected chi connectivity index (χ1v) is 8.48. The van der Waals surface area contributed by atoms with Gasteiger partial charge in [0.1, 0.15) is 17.2 Å². The average Bonchev–Trinajstić information content (AvgIpc) is 2.67. The molecule has 1 N–H and O–H groups in total. The Bertz CT molecular complexity index is 782. The van der Waals surface area contributed by atoms with E-state index in [1.165, 1.54) is 19.2 Å². The van der Waals surface area contributed by atoms with Crippen LogP contribution < -0.4 is 4.74 Å². The number of hydrogen-bond donors (Lipinski definition) is 1. The first-order valence-electron chi connectivity index (χ1n) is 8.48. The quantitative estimate of drug-likeness (QED) is 0.890. The van der Waals surface area contributed by atoms with Crippen LogP contribution in [0.3, 0.4) is 0 Å². The van der Waals surface area contributed by atoms with E-state index in [1.807, 2.05) is 0 Å². The summed E-state index contributed by atoms with van der Waals surface area (Å²) in [5, 5.41) is 9.96. The second-order valence-electron chi connectivity index (χ2n) is 6.42. The molecule has 3 rings (SSSR count). The number of halogens is 1. The molecule has 0 bridgehead atoms. The van der Waals surface area contributed by atoms with Crippen molar-refractivity contribution >= 4 is 5.91 Å². The van der Waals surface area contributed by atoms with Crippen molar-refractivity contribution in [3.05, 3.63) is 65.5 Å². The molecular formula is C20H22FNO4. The van der Waals surface area contributed by atoms with Crippen molar-refractivity contribution < 1.29 is 23.8 Å². The van der Waals surface area contributed by atoms with E-state index in [0.717, 1.165) is 0 Å². The molecule has 1 aliphatic rings. The molecule has 0 aromatic heterocycles. The number of morpholine rings is 1. The van der Waals surface area contributed by atoms with E-state index in [0.29, 0.717) is 36.4 Å². The van der Waals surface area contributed by atoms with Gasteiger partial charge in [-0.2, -0.15) is 0 Å². The summed E-state index contributed by atoms with van der Waals surface area (Å²) < 4.78 is 24.6. The molecule has 0 unspecified atom stereocenters. The monoisotopic (exact) mass is 359 g/mol. The molecule has 0 aliphatic carbocycles. The second kappa shape index (κ2) is 7.85. The maximum Gasteiger partial charge on any atom is 0.257 e. The number of para-hydroxylation sites is 1. The number of carbonyl (C=O) groups excluding carboxylic acids is 1. The lowest BCUT2D eigenvalue weighted by Gasteiger charge is -2.42. The molecule has 2 aromatic carbocycles. The molecule has 2 aromatic rings. The largest absolute Gasteiger partial charge is 0.496 e. The molecule has 1 amide bonds. The van der Waals surface area contributed by atoms with E-state index in [-0.39, 0.29) is 24.9 Å². The molecule has 1 saturated heterocycles. The molecule has 1 fully saturated rings. The number of benzene rings is 2. The van der Waals surface area contributed by atoms with Gasteiger partial charge in [-0.25, -0.2) is 4.39 Å². The first kappa shape index (κ1) is 18.4. The predicted octanol–water partition coefficient (Wildman–Crippen LogP) is 2.28. The van der Waals surface area contributed by atoms with Gasteiger partial charge in [-0.15, -0.1) is 0 Å². The predicted molar refractivity (Wildman–Crippen MR) is 94.8 cm³/mol. The van der Waals surface area contributed by atoms with E-state index in [4.69, 9.17) is 9.47 Å². The highest BCUT2D eigenvalue weighted by Crippen LogP contribution is 2.26. The smallest absolute Gasteiger partial charge is 0.257 e. The van der Waals surface area contributed by atoms with Gasteiger partial charge in [0.2, 0.25) is 0 Å². The number of amides is 1. The fraction of sp³-hybridized carbons (Fsp3) is 0.350. The van der Waals surface area contributed by atoms with Crippen LogP contribution in [0.2, 0.25) is 0 Å². The van der Waals surface area contributed by atoms with Gasteiger partial charge < -0.3 is 19.5 Å². The average molecular weight is 359 g/mol. The third kappa shape index (κ3) is 3.86. The highest BCUT2D eigenvalue weighted by molar-refractivity contribution is 5.97. The first-order chi connectivity index (χ1) is 12.6. The Morgan fingerprint density at radius 3 is 2.85 bits per heavy atom. The van der Waals surface area contributed by atoms with Crippen molar-refractivity contribution in [2.45, 2.75) is 12.0 Å². The summed E-state index contributed by atoms with van der Waals surface area (Å²) in [4.78, 5) is 14.6. The van der Waals surface area contributed by atoms with Crippen molar-refractivity contribution in [3.8, 4) is 5.75 Å². The topological polar surface area (TPSA) is 59.0 Å². The van der Waals surface area contributed by atoms with Crippen LogP contribution in [0.15, 0.2) is 48.5 Å². The van der Waals surface area contributed by atoms with Crippen LogP contribution in [-0.2, 0) is 11.2 Å². The van der Waals surface area contributed by atoms with Crippen LogP contribution in [0, 0.1) is 5.82 Å². The van der Waals surface area contributed by atoms with Gasteiger partial charge in [0.15, 0.2) is 0 Å². The van der Waals surface area contributed by atoms with Crippen molar-refractivity contribution in [3.63, 3.8) is 0 Å². The lowest BCUT2D eigenvalue weighted by molar-refractivity contribution is -0.123. The number of methoxy groups -OCH3 is 1. The Morgan fingerprint density at radius 1 is 1.31 bits per heavy atom. The fourth-order valence-corrected chi connectivity index (χ4v) is 3.29. The summed E-state index contributed by atoms with van der Waals surface area (Å²) in [5.74, 6) is -0.0140. The lowest BCUT2D eigenvalue weighted by Crippen LogP contribution is -2.56. The Morgan fingerprint density at radius 2 is 2.12 bits per heavy atom. The summed E-state index contributed by atoms with van der Waals surface area (Å²) in [5.41, 5.74) is 0.226. The van der Waals surface area contributed by atoms with Gasteiger partial charge in [0.05, 0.1) is 32.4 Å². The summed E-state index contributed by atoms with van der Waals surface area (Å²) in [6.45, 7) is 0.675. The van der Waals surface area contributed by atoms with Crippen LogP contribution in [-0.4, -0.2) is 54.9 Å². The highest BCUT2D eigenvalue weighted by atomic mass is 19.1. The highest BCUT2D eigenvalue weighted by Gasteiger charge is 2.38. The summed E-state index contributed by atoms with van der Waals surface area (Å²) >= 11 is 0. The third-order valence-electron chi connectivity index (χ3n) is 4.58. The fourth-order valence-electron chi connectivity index (χ4n) is 3.29. The molecule has 1 heterocycles. The normalized spacial score (nSPS) is 20.0. The van der Waals surface area contributed by atoms with Gasteiger partial charge in [0.25, 0.3) is 5.91 Å². The minimum absolute atomic E-state index is 0.178. The van der Waals surface area contributed by atoms with Crippen LogP contribution in [0.25, 0.3) is 0 Å². The summed E-state index contributed by atoms with van der Waals surface area (Å²) in [6, 6.07) is 13.2. The van der Waals surface area contributed by atoms with Gasteiger partial charge >= 0.3 is 0 Å². The number of carbonyl (C=O) groups is 1. The minimum atomic E-state index is -0.955. The molecule has 0 spiro atoms. The molecule has 0 saturated carbocycles. The van der Waals surface area contributed by atoms with E-state index in [9.17, 15) is 14.3 Å². The van der Waals surface area contributed by atoms with Gasteiger partial charge in [-0.3, -0.25) is 4.79 Å². The van der Waals surface area contributed by atoms with E-state index < -0.39 is 5.60 Å². The standard InChI is InChI=1S/C20H22FNO4/c1-25-18-8-3-2-7-17(18)19(24)22-9-10-26-20(13-22,14-23)12-15-5-4-6-16(21)11-15/h2-8,11,23H,9-10,12-14H2,1H3/t20-/m1/s1. The number of nitrogens with zero attached hydrogens (tertiary/aromatic N) is 1. The molecule has 1 aliphatic heterocycles.